The molecular weight excluding hydrogens is 400 g/mol. The molecule has 1 amide bonds. The van der Waals surface area contributed by atoms with E-state index in [9.17, 15) is 17.1 Å². The molecule has 1 unspecified atom stereocenters. The summed E-state index contributed by atoms with van der Waals surface area (Å²) in [5.41, 5.74) is 0.661. The average Bonchev–Trinajstić information content (AvgIpc) is 2.68. The van der Waals surface area contributed by atoms with Gasteiger partial charge in [-0.2, -0.15) is 8.42 Å². The van der Waals surface area contributed by atoms with Gasteiger partial charge in [-0.15, -0.1) is 3.89 Å². The van der Waals surface area contributed by atoms with Crippen molar-refractivity contribution in [1.29, 1.82) is 0 Å². The van der Waals surface area contributed by atoms with Crippen molar-refractivity contribution >= 4 is 44.4 Å². The number of hydrogen-bond acceptors (Lipinski definition) is 4. The summed E-state index contributed by atoms with van der Waals surface area (Å²) in [6.45, 7) is 0.200. The van der Waals surface area contributed by atoms with E-state index < -0.39 is 21.9 Å². The predicted octanol–water partition coefficient (Wildman–Crippen LogP) is 1.95. The molecule has 0 saturated carbocycles. The molecule has 1 heterocycles. The Labute approximate surface area is 130 Å². The monoisotopic (exact) mass is 413 g/mol. The van der Waals surface area contributed by atoms with Crippen molar-refractivity contribution in [2.75, 3.05) is 24.3 Å². The van der Waals surface area contributed by atoms with E-state index in [0.717, 1.165) is 3.57 Å². The first kappa shape index (κ1) is 15.5. The van der Waals surface area contributed by atoms with E-state index in [1.807, 2.05) is 0 Å². The Morgan fingerprint density at radius 3 is 2.80 bits per heavy atom. The summed E-state index contributed by atoms with van der Waals surface area (Å²) < 4.78 is 40.1. The van der Waals surface area contributed by atoms with E-state index in [4.69, 9.17) is 4.74 Å². The molecule has 1 aromatic carbocycles. The zero-order valence-electron chi connectivity index (χ0n) is 10.7. The van der Waals surface area contributed by atoms with Crippen molar-refractivity contribution in [2.45, 2.75) is 6.42 Å². The van der Waals surface area contributed by atoms with Crippen LogP contribution in [-0.4, -0.2) is 33.7 Å². The molecule has 1 saturated heterocycles. The Morgan fingerprint density at radius 2 is 2.20 bits per heavy atom. The van der Waals surface area contributed by atoms with Gasteiger partial charge in [0, 0.05) is 28.5 Å². The fourth-order valence-electron chi connectivity index (χ4n) is 2.23. The Hall–Kier alpha value is -0.900. The zero-order valence-corrected chi connectivity index (χ0v) is 13.6. The lowest BCUT2D eigenvalue weighted by Gasteiger charge is -2.19. The lowest BCUT2D eigenvalue weighted by molar-refractivity contribution is -0.117. The van der Waals surface area contributed by atoms with E-state index in [0.29, 0.717) is 11.4 Å². The highest BCUT2D eigenvalue weighted by Gasteiger charge is 2.34. The van der Waals surface area contributed by atoms with Gasteiger partial charge < -0.3 is 9.64 Å². The number of carbonyl (C=O) groups is 1. The number of nitrogens with zero attached hydrogens (tertiary/aromatic N) is 1. The number of anilines is 1. The summed E-state index contributed by atoms with van der Waals surface area (Å²) in [4.78, 5) is 13.5. The summed E-state index contributed by atoms with van der Waals surface area (Å²) in [5, 5.41) is 0. The molecule has 0 N–H and O–H groups in total. The minimum absolute atomic E-state index is 0.0381. The van der Waals surface area contributed by atoms with Crippen LogP contribution in [0.15, 0.2) is 18.2 Å². The van der Waals surface area contributed by atoms with Gasteiger partial charge >= 0.3 is 10.2 Å². The molecule has 0 bridgehead atoms. The molecule has 1 aliphatic heterocycles. The summed E-state index contributed by atoms with van der Waals surface area (Å²) in [6.07, 6.45) is 0.0381. The van der Waals surface area contributed by atoms with Crippen LogP contribution in [0, 0.1) is 9.49 Å². The van der Waals surface area contributed by atoms with Gasteiger partial charge in [0.25, 0.3) is 0 Å². The van der Waals surface area contributed by atoms with Gasteiger partial charge in [-0.05, 0) is 34.7 Å². The Morgan fingerprint density at radius 1 is 1.50 bits per heavy atom. The van der Waals surface area contributed by atoms with Crippen LogP contribution in [0.5, 0.6) is 5.75 Å². The third-order valence-electron chi connectivity index (χ3n) is 3.08. The minimum atomic E-state index is -4.56. The smallest absolute Gasteiger partial charge is 0.302 e. The van der Waals surface area contributed by atoms with E-state index in [-0.39, 0.29) is 18.9 Å². The molecule has 0 aromatic heterocycles. The fourth-order valence-corrected chi connectivity index (χ4v) is 3.65. The summed E-state index contributed by atoms with van der Waals surface area (Å²) in [5.74, 6) is -0.727. The maximum absolute atomic E-state index is 12.7. The first-order valence-corrected chi connectivity index (χ1v) is 8.49. The molecule has 1 aliphatic rings. The topological polar surface area (TPSA) is 63.7 Å². The molecule has 2 rings (SSSR count). The van der Waals surface area contributed by atoms with Crippen molar-refractivity contribution in [3.05, 3.63) is 21.8 Å². The molecule has 0 radical (unpaired) electrons. The number of halogens is 2. The maximum atomic E-state index is 12.7. The number of ether oxygens (including phenoxy) is 1. The molecule has 110 valence electrons. The van der Waals surface area contributed by atoms with Crippen molar-refractivity contribution < 1.29 is 21.8 Å². The van der Waals surface area contributed by atoms with E-state index in [2.05, 4.69) is 22.6 Å². The molecule has 0 spiro atoms. The van der Waals surface area contributed by atoms with Crippen molar-refractivity contribution in [3.63, 3.8) is 0 Å². The molecule has 5 nitrogen and oxygen atoms in total. The number of methoxy groups -OCH3 is 1. The third kappa shape index (κ3) is 3.60. The van der Waals surface area contributed by atoms with Crippen LogP contribution in [0.2, 0.25) is 0 Å². The molecule has 1 fully saturated rings. The lowest BCUT2D eigenvalue weighted by atomic mass is 10.1. The van der Waals surface area contributed by atoms with Gasteiger partial charge in [0.2, 0.25) is 5.91 Å². The highest BCUT2D eigenvalue weighted by molar-refractivity contribution is 14.1. The van der Waals surface area contributed by atoms with Crippen LogP contribution in [-0.2, 0) is 15.0 Å². The molecular formula is C12H13FINO4S. The Balaban J connectivity index is 2.24. The van der Waals surface area contributed by atoms with Gasteiger partial charge in [0.1, 0.15) is 5.75 Å². The van der Waals surface area contributed by atoms with Gasteiger partial charge in [-0.3, -0.25) is 4.79 Å². The summed E-state index contributed by atoms with van der Waals surface area (Å²) in [6, 6.07) is 5.29. The number of rotatable bonds is 4. The van der Waals surface area contributed by atoms with Gasteiger partial charge in [-0.1, -0.05) is 0 Å². The van der Waals surface area contributed by atoms with Crippen LogP contribution >= 0.6 is 22.6 Å². The molecule has 20 heavy (non-hydrogen) atoms. The molecule has 8 heteroatoms. The Kier molecular flexibility index (Phi) is 4.52. The molecule has 1 aromatic rings. The van der Waals surface area contributed by atoms with Gasteiger partial charge in [-0.25, -0.2) is 0 Å². The first-order chi connectivity index (χ1) is 9.30. The van der Waals surface area contributed by atoms with E-state index in [1.54, 1.807) is 18.2 Å². The van der Waals surface area contributed by atoms with Gasteiger partial charge in [0.15, 0.2) is 0 Å². The van der Waals surface area contributed by atoms with Crippen molar-refractivity contribution in [1.82, 2.24) is 0 Å². The number of benzene rings is 1. The number of amides is 1. The second-order valence-corrected chi connectivity index (χ2v) is 7.17. The summed E-state index contributed by atoms with van der Waals surface area (Å²) >= 11 is 2.09. The quantitative estimate of drug-likeness (QED) is 0.560. The van der Waals surface area contributed by atoms with Crippen LogP contribution in [0.4, 0.5) is 9.57 Å². The highest BCUT2D eigenvalue weighted by Crippen LogP contribution is 2.32. The van der Waals surface area contributed by atoms with E-state index >= 15 is 0 Å². The first-order valence-electron chi connectivity index (χ1n) is 5.86. The number of hydrogen-bond donors (Lipinski definition) is 0. The normalized spacial score (nSPS) is 19.4. The third-order valence-corrected chi connectivity index (χ3v) is 4.87. The van der Waals surface area contributed by atoms with Crippen LogP contribution < -0.4 is 9.64 Å². The zero-order chi connectivity index (χ0) is 14.9. The van der Waals surface area contributed by atoms with Crippen molar-refractivity contribution in [2.24, 2.45) is 5.92 Å². The second-order valence-electron chi connectivity index (χ2n) is 4.60. The van der Waals surface area contributed by atoms with Crippen LogP contribution in [0.25, 0.3) is 0 Å². The van der Waals surface area contributed by atoms with Crippen LogP contribution in [0.3, 0.4) is 0 Å². The maximum Gasteiger partial charge on any atom is 0.302 e. The summed E-state index contributed by atoms with van der Waals surface area (Å²) in [7, 11) is -3.04. The fraction of sp³-hybridized carbons (Fsp3) is 0.417. The predicted molar refractivity (Wildman–Crippen MR) is 81.1 cm³/mol. The molecule has 0 aliphatic carbocycles. The standard InChI is InChI=1S/C12H13FINO4S/c1-19-9-2-3-10(14)11(5-9)15-6-8(4-12(15)16)7-20(13,17)18/h2-3,5,8H,4,6-7H2,1H3. The van der Waals surface area contributed by atoms with E-state index in [1.165, 1.54) is 12.0 Å². The van der Waals surface area contributed by atoms with Crippen molar-refractivity contribution in [3.8, 4) is 5.75 Å². The highest BCUT2D eigenvalue weighted by atomic mass is 127. The lowest BCUT2D eigenvalue weighted by Crippen LogP contribution is -2.26. The largest absolute Gasteiger partial charge is 0.497 e. The minimum Gasteiger partial charge on any atom is -0.497 e. The second kappa shape index (κ2) is 5.84. The van der Waals surface area contributed by atoms with Crippen LogP contribution in [0.1, 0.15) is 6.42 Å². The Bertz CT molecular complexity index is 634. The van der Waals surface area contributed by atoms with Gasteiger partial charge in [0.05, 0.1) is 18.6 Å². The molecule has 1 atom stereocenters. The average molecular weight is 413 g/mol. The number of carbonyl (C=O) groups excluding carboxylic acids is 1. The SMILES string of the molecule is COc1ccc(I)c(N2CC(CS(=O)(=O)F)CC2=O)c1.